The van der Waals surface area contributed by atoms with E-state index in [0.717, 1.165) is 20.8 Å². The van der Waals surface area contributed by atoms with Crippen molar-refractivity contribution in [2.45, 2.75) is 169 Å². The molecule has 31 nitrogen and oxygen atoms in total. The lowest BCUT2D eigenvalue weighted by Crippen LogP contribution is -2.61. The van der Waals surface area contributed by atoms with Gasteiger partial charge in [-0.3, -0.25) is 62.9 Å². The van der Waals surface area contributed by atoms with Crippen molar-refractivity contribution < 1.29 is 76.3 Å². The Bertz CT molecular complexity index is 3590. The molecule has 6 aliphatic rings. The Balaban J connectivity index is 1.37. The fourth-order valence-corrected chi connectivity index (χ4v) is 12.5. The van der Waals surface area contributed by atoms with Gasteiger partial charge in [0.1, 0.15) is 71.8 Å². The number of nitro groups is 1. The van der Waals surface area contributed by atoms with E-state index in [1.165, 1.54) is 70.6 Å². The molecule has 10 atom stereocenters. The molecule has 1 aromatic rings. The zero-order valence-corrected chi connectivity index (χ0v) is 55.3. The van der Waals surface area contributed by atoms with Crippen molar-refractivity contribution in [2.24, 2.45) is 23.7 Å². The second-order valence-electron chi connectivity index (χ2n) is 25.9. The number of nitro benzene ring substituents is 1. The maximum Gasteiger partial charge on any atom is 0.329 e. The Hall–Kier alpha value is -9.32. The van der Waals surface area contributed by atoms with Gasteiger partial charge < -0.3 is 70.3 Å². The van der Waals surface area contributed by atoms with Crippen LogP contribution in [0.15, 0.2) is 15.3 Å². The predicted molar refractivity (Wildman–Crippen MR) is 332 cm³/mol. The molecule has 7 rings (SSSR count). The van der Waals surface area contributed by atoms with Crippen molar-refractivity contribution in [1.29, 1.82) is 0 Å². The zero-order chi connectivity index (χ0) is 69.4. The van der Waals surface area contributed by atoms with Gasteiger partial charge in [0.25, 0.3) is 17.5 Å². The molecule has 5 aliphatic heterocycles. The van der Waals surface area contributed by atoms with Gasteiger partial charge in [-0.2, -0.15) is 0 Å². The number of likely N-dealkylation sites (N-methyl/N-ethyl adjacent to an activating group) is 4. The minimum absolute atomic E-state index is 0.116. The van der Waals surface area contributed by atoms with Crippen molar-refractivity contribution in [3.8, 4) is 11.5 Å². The highest BCUT2D eigenvalue weighted by atomic mass is 16.6. The van der Waals surface area contributed by atoms with Crippen LogP contribution in [0.4, 0.5) is 11.4 Å². The lowest BCUT2D eigenvalue weighted by Gasteiger charge is -2.36. The largest absolute Gasteiger partial charge is 0.458 e. The molecule has 93 heavy (non-hydrogen) atoms. The van der Waals surface area contributed by atoms with Crippen LogP contribution in [0, 0.1) is 47.6 Å². The minimum Gasteiger partial charge on any atom is -0.458 e. The van der Waals surface area contributed by atoms with Crippen LogP contribution >= 0.6 is 0 Å². The number of nitrogens with zero attached hydrogens (tertiary/aromatic N) is 8. The number of aromatic nitrogens is 1. The Morgan fingerprint density at radius 2 is 1.06 bits per heavy atom. The summed E-state index contributed by atoms with van der Waals surface area (Å²) < 4.78 is 18.1. The number of amides is 10. The summed E-state index contributed by atoms with van der Waals surface area (Å²) in [6.45, 7) is 17.2. The number of nitrogens with two attached hydrogens (primary N) is 1. The van der Waals surface area contributed by atoms with Crippen LogP contribution in [0.25, 0.3) is 22.6 Å². The van der Waals surface area contributed by atoms with Crippen LogP contribution in [0.3, 0.4) is 0 Å². The first-order valence-corrected chi connectivity index (χ1v) is 31.0. The molecule has 10 amide bonds. The smallest absolute Gasteiger partial charge is 0.329 e. The van der Waals surface area contributed by atoms with E-state index >= 15 is 9.59 Å². The molecule has 0 radical (unpaired) electrons. The number of hydrogen-bond acceptors (Lipinski definition) is 20. The van der Waals surface area contributed by atoms with Gasteiger partial charge in [0.05, 0.1) is 40.4 Å². The van der Waals surface area contributed by atoms with Crippen molar-refractivity contribution >= 4 is 93.5 Å². The molecule has 4 saturated heterocycles. The average molecular weight is 1300 g/mol. The summed E-state index contributed by atoms with van der Waals surface area (Å²) in [4.78, 5) is 211. The molecule has 0 aromatic heterocycles. The molecule has 4 fully saturated rings. The Morgan fingerprint density at radius 3 is 1.46 bits per heavy atom. The maximum absolute atomic E-state index is 15.2. The number of anilines is 1. The van der Waals surface area contributed by atoms with E-state index in [-0.39, 0.29) is 37.1 Å². The molecule has 5 heterocycles. The molecule has 1 aliphatic carbocycles. The molecule has 0 unspecified atom stereocenters. The Morgan fingerprint density at radius 1 is 0.645 bits per heavy atom. The number of nitrogens with one attached hydrogen (secondary N) is 4. The zero-order valence-electron chi connectivity index (χ0n) is 55.3. The van der Waals surface area contributed by atoms with Gasteiger partial charge in [-0.1, -0.05) is 55.4 Å². The topological polar surface area (TPSA) is 403 Å². The second kappa shape index (κ2) is 28.3. The van der Waals surface area contributed by atoms with Gasteiger partial charge in [0, 0.05) is 52.9 Å². The van der Waals surface area contributed by atoms with Crippen molar-refractivity contribution in [1.82, 2.24) is 55.7 Å². The fourth-order valence-electron chi connectivity index (χ4n) is 12.5. The van der Waals surface area contributed by atoms with Gasteiger partial charge in [0.15, 0.2) is 11.3 Å². The number of ether oxygens (including phenoxy) is 2. The lowest BCUT2D eigenvalue weighted by molar-refractivity contribution is -0.385. The van der Waals surface area contributed by atoms with Crippen LogP contribution in [-0.2, 0) is 57.4 Å². The van der Waals surface area contributed by atoms with E-state index in [4.69, 9.17) is 19.6 Å². The number of nitrogen functional groups attached to an aromatic ring is 1. The third-order valence-corrected chi connectivity index (χ3v) is 17.9. The number of carbonyl (C=O) groups is 12. The van der Waals surface area contributed by atoms with E-state index in [1.54, 1.807) is 55.4 Å². The van der Waals surface area contributed by atoms with E-state index in [1.807, 2.05) is 0 Å². The Kier molecular flexibility index (Phi) is 21.6. The van der Waals surface area contributed by atoms with Crippen molar-refractivity contribution in [2.75, 3.05) is 60.1 Å². The molecular weight excluding hydrogens is 1210 g/mol. The van der Waals surface area contributed by atoms with Gasteiger partial charge in [-0.25, -0.2) is 14.6 Å². The maximum atomic E-state index is 15.2. The van der Waals surface area contributed by atoms with Crippen molar-refractivity contribution in [3.63, 3.8) is 0 Å². The molecular formula is C62H85N13O18. The van der Waals surface area contributed by atoms with Crippen LogP contribution < -0.4 is 32.4 Å². The molecule has 0 spiro atoms. The monoisotopic (exact) mass is 1300 g/mol. The van der Waals surface area contributed by atoms with E-state index < -0.39 is 224 Å². The van der Waals surface area contributed by atoms with Crippen LogP contribution in [0.5, 0.6) is 0 Å². The highest BCUT2D eigenvalue weighted by molar-refractivity contribution is 6.11. The summed E-state index contributed by atoms with van der Waals surface area (Å²) >= 11 is 0. The summed E-state index contributed by atoms with van der Waals surface area (Å²) in [6.07, 6.45) is -2.02. The predicted octanol–water partition coefficient (Wildman–Crippen LogP) is 0.634. The second-order valence-corrected chi connectivity index (χ2v) is 25.9. The van der Waals surface area contributed by atoms with Crippen LogP contribution in [0.1, 0.15) is 127 Å². The third-order valence-electron chi connectivity index (χ3n) is 17.9. The summed E-state index contributed by atoms with van der Waals surface area (Å²) in [5.41, 5.74) is 0.376. The highest BCUT2D eigenvalue weighted by Crippen LogP contribution is 2.38. The molecule has 506 valence electrons. The van der Waals surface area contributed by atoms with Gasteiger partial charge >= 0.3 is 11.9 Å². The number of cyclic esters (lactones) is 2. The van der Waals surface area contributed by atoms with Gasteiger partial charge in [-0.05, 0) is 77.0 Å². The van der Waals surface area contributed by atoms with E-state index in [2.05, 4.69) is 26.3 Å². The highest BCUT2D eigenvalue weighted by Gasteiger charge is 2.47. The van der Waals surface area contributed by atoms with Gasteiger partial charge in [-0.15, -0.1) is 0 Å². The summed E-state index contributed by atoms with van der Waals surface area (Å²) in [7, 11) is 5.45. The van der Waals surface area contributed by atoms with E-state index in [0.29, 0.717) is 12.8 Å². The molecule has 0 bridgehead atoms. The normalized spacial score (nSPS) is 25.7. The standard InChI is InChI=1S/C62H85N13O18/c1-26(2)42-59(85)73-21-17-19-35(73)57(83)69(13)24-38(76)71(15)48(28(5)6)61(87)91-32(11)44(55(81)65-42)67-53(79)34-23-37(75(89)90)30(9)51-46(34)64-47-40(41(63)50(78)31(10)52(47)93-51)54(80)68-45-33(12)92-62(88)49(29(7)8)72(16)39(77)25-70(14)58(84)36-20-18-22-74(36)60(86)43(27(3)4)66-56(45)82/h23,26-29,32-33,35-36,42-45,48-49H,17-22,24-25,63H2,1-16H3,(H,65,81)(H,66,82)(H,67,79)(H,68,80)/t32-,33-,35+,36+,42-,43-,44+,45+,48+,49+/m1/s1. The molecule has 1 aromatic carbocycles. The average Bonchev–Trinajstić information content (AvgIpc) is 1.33. The lowest BCUT2D eigenvalue weighted by atomic mass is 9.98. The number of carbonyl (C=O) groups excluding carboxylic acids is 12. The fraction of sp³-hybridized carbons (Fsp3) is 0.613. The first-order valence-electron chi connectivity index (χ1n) is 31.0. The molecule has 0 saturated carbocycles. The minimum atomic E-state index is -1.96. The number of esters is 2. The first kappa shape index (κ1) is 71.1. The summed E-state index contributed by atoms with van der Waals surface area (Å²) in [5.74, 6) is -13.8. The summed E-state index contributed by atoms with van der Waals surface area (Å²) in [6, 6.07) is -10.6. The Labute approximate surface area is 536 Å². The number of hydrogen-bond donors (Lipinski definition) is 5. The van der Waals surface area contributed by atoms with Crippen LogP contribution in [-0.4, -0.2) is 225 Å². The van der Waals surface area contributed by atoms with Crippen LogP contribution in [0.2, 0.25) is 0 Å². The van der Waals surface area contributed by atoms with Crippen molar-refractivity contribution in [3.05, 3.63) is 48.7 Å². The quantitative estimate of drug-likeness (QED) is 0.0645. The molecule has 6 N–H and O–H groups in total. The number of rotatable bonds is 9. The van der Waals surface area contributed by atoms with E-state index in [9.17, 15) is 62.9 Å². The first-order chi connectivity index (χ1) is 43.4. The third kappa shape index (κ3) is 14.2. The number of fused-ring (bicyclic) bond motifs is 4. The molecule has 31 heteroatoms. The number of benzene rings is 2. The number of aryl methyl sites for hydroxylation is 1. The van der Waals surface area contributed by atoms with Gasteiger partial charge in [0.2, 0.25) is 52.7 Å². The SMILES string of the molecule is Cc1c2oc3c(C)c([N+](=O)[O-])cc(C(=O)N[C@@H]4C(=O)N[C@H](C(C)C)C(=O)N5CCC[C@H]5C(=O)N(C)CC(=O)N(C)[C@@H](C(C)C)C(=O)O[C@@H]4C)c3nc-2c(C(=O)N[C@@H]2C(=O)N[C@H](C(C)C)C(=O)N3CCC[C@H]3C(=O)N(C)CC(=O)N(C)[C@@H](C(C)C)C(=O)O[C@@H]2C)c(N)c1=O. The summed E-state index contributed by atoms with van der Waals surface area (Å²) in [5, 5.41) is 23.2.